The average Bonchev–Trinajstić information content (AvgIpc) is 2.71. The topological polar surface area (TPSA) is 86.7 Å². The lowest BCUT2D eigenvalue weighted by atomic mass is 10.2. The van der Waals surface area contributed by atoms with Crippen molar-refractivity contribution in [1.29, 1.82) is 0 Å². The summed E-state index contributed by atoms with van der Waals surface area (Å²) >= 11 is 0. The second kappa shape index (κ2) is 6.98. The first-order valence-corrected chi connectivity index (χ1v) is 6.29. The van der Waals surface area contributed by atoms with Crippen LogP contribution in [0.3, 0.4) is 0 Å². The first-order chi connectivity index (χ1) is 8.49. The van der Waals surface area contributed by atoms with Crippen LogP contribution in [-0.4, -0.2) is 41.0 Å². The van der Waals surface area contributed by atoms with Gasteiger partial charge in [-0.25, -0.2) is 4.79 Å². The smallest absolute Gasteiger partial charge is 0.324 e. The van der Waals surface area contributed by atoms with Crippen LogP contribution >= 0.6 is 0 Å². The van der Waals surface area contributed by atoms with Crippen LogP contribution in [0.1, 0.15) is 39.0 Å². The number of hydrogen-bond donors (Lipinski definition) is 2. The molecule has 1 aliphatic rings. The second-order valence-corrected chi connectivity index (χ2v) is 4.79. The summed E-state index contributed by atoms with van der Waals surface area (Å²) in [7, 11) is 0. The fourth-order valence-corrected chi connectivity index (χ4v) is 1.94. The standard InChI is InChI=1S/C12H20N2O4/c1-9-6-7-14(8-9)12(18)13-10(15)4-2-3-5-11(16)17/h9H,2-8H2,1H3,(H,16,17)(H,13,15,18). The van der Waals surface area contributed by atoms with Gasteiger partial charge in [-0.05, 0) is 25.2 Å². The fourth-order valence-electron chi connectivity index (χ4n) is 1.94. The lowest BCUT2D eigenvalue weighted by molar-refractivity contribution is -0.137. The van der Waals surface area contributed by atoms with Crippen LogP contribution in [0.2, 0.25) is 0 Å². The molecule has 0 bridgehead atoms. The Morgan fingerprint density at radius 1 is 1.28 bits per heavy atom. The van der Waals surface area contributed by atoms with Crippen molar-refractivity contribution < 1.29 is 19.5 Å². The van der Waals surface area contributed by atoms with Crippen molar-refractivity contribution in [2.24, 2.45) is 5.92 Å². The Morgan fingerprint density at radius 3 is 2.50 bits per heavy atom. The van der Waals surface area contributed by atoms with Crippen LogP contribution < -0.4 is 5.32 Å². The maximum Gasteiger partial charge on any atom is 0.324 e. The van der Waals surface area contributed by atoms with Gasteiger partial charge in [-0.1, -0.05) is 6.92 Å². The number of carboxylic acid groups (broad SMARTS) is 1. The minimum Gasteiger partial charge on any atom is -0.481 e. The van der Waals surface area contributed by atoms with E-state index in [-0.39, 0.29) is 24.8 Å². The van der Waals surface area contributed by atoms with Crippen molar-refractivity contribution in [2.45, 2.75) is 39.0 Å². The van der Waals surface area contributed by atoms with Gasteiger partial charge in [0.15, 0.2) is 0 Å². The van der Waals surface area contributed by atoms with Gasteiger partial charge in [0.1, 0.15) is 0 Å². The highest BCUT2D eigenvalue weighted by Gasteiger charge is 2.24. The van der Waals surface area contributed by atoms with Gasteiger partial charge in [0, 0.05) is 25.9 Å². The lowest BCUT2D eigenvalue weighted by Gasteiger charge is -2.15. The normalized spacial score (nSPS) is 18.7. The number of carboxylic acids is 1. The second-order valence-electron chi connectivity index (χ2n) is 4.79. The van der Waals surface area contributed by atoms with Gasteiger partial charge in [0.05, 0.1) is 0 Å². The van der Waals surface area contributed by atoms with Crippen molar-refractivity contribution in [2.75, 3.05) is 13.1 Å². The van der Waals surface area contributed by atoms with E-state index < -0.39 is 5.97 Å². The number of amides is 3. The summed E-state index contributed by atoms with van der Waals surface area (Å²) in [6.45, 7) is 3.46. The van der Waals surface area contributed by atoms with Crippen molar-refractivity contribution in [3.05, 3.63) is 0 Å². The third kappa shape index (κ3) is 5.16. The number of rotatable bonds is 5. The maximum atomic E-state index is 11.6. The number of likely N-dealkylation sites (tertiary alicyclic amines) is 1. The van der Waals surface area contributed by atoms with Gasteiger partial charge < -0.3 is 10.0 Å². The summed E-state index contributed by atoms with van der Waals surface area (Å²) in [5.74, 6) is -0.705. The van der Waals surface area contributed by atoms with Crippen molar-refractivity contribution in [3.8, 4) is 0 Å². The molecule has 0 aromatic carbocycles. The molecule has 0 aliphatic carbocycles. The molecule has 0 saturated carbocycles. The first kappa shape index (κ1) is 14.5. The number of unbranched alkanes of at least 4 members (excludes halogenated alkanes) is 1. The van der Waals surface area contributed by atoms with Crippen LogP contribution in [0.5, 0.6) is 0 Å². The van der Waals surface area contributed by atoms with Crippen molar-refractivity contribution in [3.63, 3.8) is 0 Å². The van der Waals surface area contributed by atoms with Crippen LogP contribution in [0.15, 0.2) is 0 Å². The Hall–Kier alpha value is -1.59. The molecule has 6 nitrogen and oxygen atoms in total. The Bertz CT molecular complexity index is 330. The molecule has 1 fully saturated rings. The highest BCUT2D eigenvalue weighted by atomic mass is 16.4. The van der Waals surface area contributed by atoms with Crippen LogP contribution in [0.4, 0.5) is 4.79 Å². The minimum absolute atomic E-state index is 0.0604. The molecule has 0 aromatic heterocycles. The van der Waals surface area contributed by atoms with E-state index in [1.165, 1.54) is 0 Å². The molecular formula is C12H20N2O4. The number of imide groups is 1. The van der Waals surface area contributed by atoms with Gasteiger partial charge in [0.2, 0.25) is 5.91 Å². The molecule has 1 atom stereocenters. The summed E-state index contributed by atoms with van der Waals surface area (Å²) in [6.07, 6.45) is 2.17. The van der Waals surface area contributed by atoms with Crippen LogP contribution in [-0.2, 0) is 9.59 Å². The molecule has 1 heterocycles. The number of aliphatic carboxylic acids is 1. The third-order valence-electron chi connectivity index (χ3n) is 3.00. The quantitative estimate of drug-likeness (QED) is 0.724. The zero-order valence-electron chi connectivity index (χ0n) is 10.6. The van der Waals surface area contributed by atoms with E-state index in [1.54, 1.807) is 4.90 Å². The number of carbonyl (C=O) groups is 3. The lowest BCUT2D eigenvalue weighted by Crippen LogP contribution is -2.41. The van der Waals surface area contributed by atoms with E-state index in [2.05, 4.69) is 12.2 Å². The SMILES string of the molecule is CC1CCN(C(=O)NC(=O)CCCCC(=O)O)C1. The molecule has 0 aromatic rings. The highest BCUT2D eigenvalue weighted by Crippen LogP contribution is 2.14. The average molecular weight is 256 g/mol. The van der Waals surface area contributed by atoms with Crippen molar-refractivity contribution >= 4 is 17.9 Å². The van der Waals surface area contributed by atoms with Gasteiger partial charge in [-0.3, -0.25) is 14.9 Å². The largest absolute Gasteiger partial charge is 0.481 e. The van der Waals surface area contributed by atoms with E-state index >= 15 is 0 Å². The molecule has 0 spiro atoms. The summed E-state index contributed by atoms with van der Waals surface area (Å²) in [5.41, 5.74) is 0. The number of carbonyl (C=O) groups excluding carboxylic acids is 2. The van der Waals surface area contributed by atoms with Gasteiger partial charge >= 0.3 is 12.0 Å². The number of nitrogens with zero attached hydrogens (tertiary/aromatic N) is 1. The summed E-state index contributed by atoms with van der Waals surface area (Å²) in [4.78, 5) is 35.0. The highest BCUT2D eigenvalue weighted by molar-refractivity contribution is 5.94. The van der Waals surface area contributed by atoms with Crippen LogP contribution in [0, 0.1) is 5.92 Å². The Kier molecular flexibility index (Phi) is 5.61. The Morgan fingerprint density at radius 2 is 1.94 bits per heavy atom. The van der Waals surface area contributed by atoms with Gasteiger partial charge in [-0.15, -0.1) is 0 Å². The number of nitrogens with one attached hydrogen (secondary N) is 1. The summed E-state index contributed by atoms with van der Waals surface area (Å²) in [5, 5.41) is 10.8. The van der Waals surface area contributed by atoms with Crippen LogP contribution in [0.25, 0.3) is 0 Å². The zero-order chi connectivity index (χ0) is 13.5. The van der Waals surface area contributed by atoms with Gasteiger partial charge in [-0.2, -0.15) is 0 Å². The minimum atomic E-state index is -0.863. The molecule has 18 heavy (non-hydrogen) atoms. The van der Waals surface area contributed by atoms with E-state index in [0.29, 0.717) is 31.8 Å². The molecule has 3 amide bonds. The molecule has 1 rings (SSSR count). The molecule has 1 aliphatic heterocycles. The van der Waals surface area contributed by atoms with E-state index in [1.807, 2.05) is 0 Å². The molecule has 6 heteroatoms. The van der Waals surface area contributed by atoms with Gasteiger partial charge in [0.25, 0.3) is 0 Å². The number of hydrogen-bond acceptors (Lipinski definition) is 3. The third-order valence-corrected chi connectivity index (χ3v) is 3.00. The first-order valence-electron chi connectivity index (χ1n) is 6.29. The molecule has 1 unspecified atom stereocenters. The molecule has 2 N–H and O–H groups in total. The molecule has 0 radical (unpaired) electrons. The maximum absolute atomic E-state index is 11.6. The summed E-state index contributed by atoms with van der Waals surface area (Å²) in [6, 6.07) is -0.331. The summed E-state index contributed by atoms with van der Waals surface area (Å²) < 4.78 is 0. The molecular weight excluding hydrogens is 236 g/mol. The number of urea groups is 1. The fraction of sp³-hybridized carbons (Fsp3) is 0.750. The Balaban J connectivity index is 2.15. The molecule has 1 saturated heterocycles. The monoisotopic (exact) mass is 256 g/mol. The van der Waals surface area contributed by atoms with E-state index in [0.717, 1.165) is 6.42 Å². The Labute approximate surface area is 106 Å². The van der Waals surface area contributed by atoms with Crippen molar-refractivity contribution in [1.82, 2.24) is 10.2 Å². The van der Waals surface area contributed by atoms with E-state index in [4.69, 9.17) is 5.11 Å². The zero-order valence-corrected chi connectivity index (χ0v) is 10.6. The predicted octanol–water partition coefficient (Wildman–Crippen LogP) is 1.21. The van der Waals surface area contributed by atoms with E-state index in [9.17, 15) is 14.4 Å². The predicted molar refractivity (Wildman–Crippen MR) is 65.0 cm³/mol. The molecule has 102 valence electrons.